The summed E-state index contributed by atoms with van der Waals surface area (Å²) in [6, 6.07) is 5.56. The Morgan fingerprint density at radius 3 is 2.95 bits per heavy atom. The van der Waals surface area contributed by atoms with Crippen LogP contribution < -0.4 is 10.6 Å². The van der Waals surface area contributed by atoms with Gasteiger partial charge in [-0.25, -0.2) is 0 Å². The summed E-state index contributed by atoms with van der Waals surface area (Å²) in [6.07, 6.45) is 3.15. The molecule has 0 saturated heterocycles. The second-order valence-electron chi connectivity index (χ2n) is 5.62. The summed E-state index contributed by atoms with van der Waals surface area (Å²) in [5.41, 5.74) is 2.26. The summed E-state index contributed by atoms with van der Waals surface area (Å²) >= 11 is 0. The molecule has 0 bridgehead atoms. The predicted molar refractivity (Wildman–Crippen MR) is 82.1 cm³/mol. The van der Waals surface area contributed by atoms with Crippen LogP contribution in [-0.2, 0) is 19.7 Å². The molecule has 0 saturated carbocycles. The molecule has 5 nitrogen and oxygen atoms in total. The summed E-state index contributed by atoms with van der Waals surface area (Å²) in [6.45, 7) is 6.43. The molecule has 112 valence electrons. The number of carbonyl (C=O) groups is 2. The zero-order valence-corrected chi connectivity index (χ0v) is 12.5. The number of carbonyl (C=O) groups excluding carboxylic acids is 2. The molecule has 0 unspecified atom stereocenters. The molecule has 0 fully saturated rings. The number of anilines is 2. The molecule has 2 amide bonds. The van der Waals surface area contributed by atoms with E-state index in [0.717, 1.165) is 11.3 Å². The third-order valence-electron chi connectivity index (χ3n) is 3.38. The lowest BCUT2D eigenvalue weighted by atomic mass is 9.78. The minimum Gasteiger partial charge on any atom is -0.501 e. The first-order valence-corrected chi connectivity index (χ1v) is 6.96. The molecular weight excluding hydrogens is 268 g/mol. The summed E-state index contributed by atoms with van der Waals surface area (Å²) in [4.78, 5) is 23.4. The zero-order valence-electron chi connectivity index (χ0n) is 12.5. The molecule has 0 spiro atoms. The lowest BCUT2D eigenvalue weighted by Crippen LogP contribution is -2.32. The van der Waals surface area contributed by atoms with Crippen LogP contribution in [0.2, 0.25) is 0 Å². The maximum absolute atomic E-state index is 11.7. The minimum absolute atomic E-state index is 0.00721. The number of rotatable bonds is 4. The van der Waals surface area contributed by atoms with E-state index < -0.39 is 0 Å². The third-order valence-corrected chi connectivity index (χ3v) is 3.38. The van der Waals surface area contributed by atoms with Crippen LogP contribution in [0.4, 0.5) is 11.4 Å². The Morgan fingerprint density at radius 1 is 1.48 bits per heavy atom. The van der Waals surface area contributed by atoms with E-state index in [1.807, 2.05) is 32.9 Å². The molecular formula is C16H20N2O3. The molecule has 2 rings (SSSR count). The summed E-state index contributed by atoms with van der Waals surface area (Å²) in [5, 5.41) is 5.58. The van der Waals surface area contributed by atoms with Crippen molar-refractivity contribution in [2.45, 2.75) is 32.6 Å². The number of fused-ring (bicyclic) bond motifs is 1. The van der Waals surface area contributed by atoms with Gasteiger partial charge in [-0.15, -0.1) is 0 Å². The van der Waals surface area contributed by atoms with E-state index in [1.165, 1.54) is 12.3 Å². The van der Waals surface area contributed by atoms with Crippen molar-refractivity contribution >= 4 is 23.2 Å². The average molecular weight is 288 g/mol. The second-order valence-corrected chi connectivity index (χ2v) is 5.62. The van der Waals surface area contributed by atoms with Crippen molar-refractivity contribution in [3.8, 4) is 0 Å². The second kappa shape index (κ2) is 5.99. The van der Waals surface area contributed by atoms with Crippen molar-refractivity contribution in [1.82, 2.24) is 0 Å². The van der Waals surface area contributed by atoms with Gasteiger partial charge < -0.3 is 15.4 Å². The van der Waals surface area contributed by atoms with Gasteiger partial charge in [-0.05, 0) is 24.6 Å². The Balaban J connectivity index is 2.16. The smallest absolute Gasteiger partial charge is 0.251 e. The standard InChI is InChI=1S/C16H20N2O3/c1-4-21-8-7-14(19)17-11-5-6-12-13(9-11)18-15(20)10-16(12,2)3/h5-9H,4,10H2,1-3H3,(H,17,19)(H,18,20)/b8-7+. The van der Waals surface area contributed by atoms with Crippen LogP contribution in [0, 0.1) is 0 Å². The van der Waals surface area contributed by atoms with Gasteiger partial charge in [0.2, 0.25) is 5.91 Å². The van der Waals surface area contributed by atoms with Gasteiger partial charge in [0.1, 0.15) is 0 Å². The number of benzene rings is 1. The highest BCUT2D eigenvalue weighted by atomic mass is 16.5. The molecule has 0 aromatic heterocycles. The lowest BCUT2D eigenvalue weighted by Gasteiger charge is -2.32. The van der Waals surface area contributed by atoms with E-state index in [2.05, 4.69) is 10.6 Å². The van der Waals surface area contributed by atoms with E-state index in [0.29, 0.717) is 18.7 Å². The molecule has 1 heterocycles. The van der Waals surface area contributed by atoms with E-state index in [-0.39, 0.29) is 17.2 Å². The number of amides is 2. The molecule has 0 radical (unpaired) electrons. The Hall–Kier alpha value is -2.30. The third kappa shape index (κ3) is 3.62. The van der Waals surface area contributed by atoms with E-state index in [1.54, 1.807) is 6.07 Å². The van der Waals surface area contributed by atoms with Crippen LogP contribution in [0.3, 0.4) is 0 Å². The highest BCUT2D eigenvalue weighted by Crippen LogP contribution is 2.38. The van der Waals surface area contributed by atoms with Gasteiger partial charge >= 0.3 is 0 Å². The zero-order chi connectivity index (χ0) is 15.5. The molecule has 0 aliphatic carbocycles. The van der Waals surface area contributed by atoms with Crippen molar-refractivity contribution in [3.63, 3.8) is 0 Å². The monoisotopic (exact) mass is 288 g/mol. The first-order chi connectivity index (χ1) is 9.92. The molecule has 1 aliphatic rings. The largest absolute Gasteiger partial charge is 0.501 e. The molecule has 0 atom stereocenters. The average Bonchev–Trinajstić information content (AvgIpc) is 2.37. The van der Waals surface area contributed by atoms with Crippen LogP contribution in [0.15, 0.2) is 30.5 Å². The maximum atomic E-state index is 11.7. The minimum atomic E-state index is -0.273. The SMILES string of the molecule is CCO/C=C/C(=O)Nc1ccc2c(c1)NC(=O)CC2(C)C. The Kier molecular flexibility index (Phi) is 4.31. The Labute approximate surface area is 124 Å². The van der Waals surface area contributed by atoms with Gasteiger partial charge in [-0.3, -0.25) is 9.59 Å². The van der Waals surface area contributed by atoms with E-state index >= 15 is 0 Å². The number of ether oxygens (including phenoxy) is 1. The number of nitrogens with one attached hydrogen (secondary N) is 2. The molecule has 1 aromatic carbocycles. The van der Waals surface area contributed by atoms with E-state index in [4.69, 9.17) is 4.74 Å². The molecule has 21 heavy (non-hydrogen) atoms. The topological polar surface area (TPSA) is 67.4 Å². The van der Waals surface area contributed by atoms with Crippen LogP contribution in [0.5, 0.6) is 0 Å². The molecule has 2 N–H and O–H groups in total. The Bertz CT molecular complexity index is 591. The van der Waals surface area contributed by atoms with Crippen molar-refractivity contribution in [2.24, 2.45) is 0 Å². The maximum Gasteiger partial charge on any atom is 0.251 e. The van der Waals surface area contributed by atoms with Gasteiger partial charge in [0.15, 0.2) is 0 Å². The van der Waals surface area contributed by atoms with Crippen LogP contribution in [0.1, 0.15) is 32.8 Å². The molecule has 1 aliphatic heterocycles. The van der Waals surface area contributed by atoms with Crippen LogP contribution in [0.25, 0.3) is 0 Å². The van der Waals surface area contributed by atoms with Crippen molar-refractivity contribution in [3.05, 3.63) is 36.1 Å². The molecule has 1 aromatic rings. The quantitative estimate of drug-likeness (QED) is 0.661. The summed E-state index contributed by atoms with van der Waals surface area (Å²) in [7, 11) is 0. The van der Waals surface area contributed by atoms with Crippen molar-refractivity contribution in [1.29, 1.82) is 0 Å². The van der Waals surface area contributed by atoms with Gasteiger partial charge in [-0.2, -0.15) is 0 Å². The first-order valence-electron chi connectivity index (χ1n) is 6.96. The predicted octanol–water partition coefficient (Wildman–Crippen LogP) is 2.80. The van der Waals surface area contributed by atoms with Gasteiger partial charge in [0.05, 0.1) is 12.9 Å². The van der Waals surface area contributed by atoms with Gasteiger partial charge in [0.25, 0.3) is 5.91 Å². The fourth-order valence-corrected chi connectivity index (χ4v) is 2.40. The van der Waals surface area contributed by atoms with Crippen LogP contribution >= 0.6 is 0 Å². The number of hydrogen-bond donors (Lipinski definition) is 2. The highest BCUT2D eigenvalue weighted by molar-refractivity contribution is 6.01. The number of hydrogen-bond acceptors (Lipinski definition) is 3. The first kappa shape index (κ1) is 15.1. The summed E-state index contributed by atoms with van der Waals surface area (Å²) in [5.74, 6) is -0.281. The van der Waals surface area contributed by atoms with Crippen LogP contribution in [-0.4, -0.2) is 18.4 Å². The lowest BCUT2D eigenvalue weighted by molar-refractivity contribution is -0.117. The van der Waals surface area contributed by atoms with Gasteiger partial charge in [0, 0.05) is 29.3 Å². The van der Waals surface area contributed by atoms with E-state index in [9.17, 15) is 9.59 Å². The Morgan fingerprint density at radius 2 is 2.24 bits per heavy atom. The fraction of sp³-hybridized carbons (Fsp3) is 0.375. The van der Waals surface area contributed by atoms with Crippen molar-refractivity contribution < 1.29 is 14.3 Å². The molecule has 5 heteroatoms. The summed E-state index contributed by atoms with van der Waals surface area (Å²) < 4.78 is 4.98. The normalized spacial score (nSPS) is 16.2. The van der Waals surface area contributed by atoms with Gasteiger partial charge in [-0.1, -0.05) is 19.9 Å². The fourth-order valence-electron chi connectivity index (χ4n) is 2.40. The highest BCUT2D eigenvalue weighted by Gasteiger charge is 2.31. The van der Waals surface area contributed by atoms with Crippen molar-refractivity contribution in [2.75, 3.05) is 17.2 Å².